The number of thiophene rings is 1. The van der Waals surface area contributed by atoms with Crippen molar-refractivity contribution in [3.8, 4) is 0 Å². The van der Waals surface area contributed by atoms with E-state index in [4.69, 9.17) is 16.7 Å². The summed E-state index contributed by atoms with van der Waals surface area (Å²) in [6, 6.07) is 12.8. The van der Waals surface area contributed by atoms with Gasteiger partial charge in [-0.3, -0.25) is 9.59 Å². The Bertz CT molecular complexity index is 980. The van der Waals surface area contributed by atoms with Crippen molar-refractivity contribution in [3.63, 3.8) is 0 Å². The van der Waals surface area contributed by atoms with Crippen LogP contribution >= 0.6 is 22.9 Å². The van der Waals surface area contributed by atoms with Crippen molar-refractivity contribution in [1.82, 2.24) is 10.2 Å². The normalized spacial score (nSPS) is 13.9. The molecule has 6 nitrogen and oxygen atoms in total. The van der Waals surface area contributed by atoms with Crippen LogP contribution in [0.2, 0.25) is 0 Å². The fraction of sp³-hybridized carbons (Fsp3) is 0.484. The number of piperidine rings is 1. The number of aliphatic hydroxyl groups excluding tert-OH is 2. The van der Waals surface area contributed by atoms with Crippen molar-refractivity contribution in [2.45, 2.75) is 85.5 Å². The Morgan fingerprint density at radius 1 is 1.18 bits per heavy atom. The average molecular weight is 579 g/mol. The third kappa shape index (κ3) is 18.5. The molecule has 3 N–H and O–H groups in total. The Morgan fingerprint density at radius 3 is 2.28 bits per heavy atom. The summed E-state index contributed by atoms with van der Waals surface area (Å²) in [6.07, 6.45) is 7.96. The highest BCUT2D eigenvalue weighted by molar-refractivity contribution is 7.12. The van der Waals surface area contributed by atoms with Gasteiger partial charge < -0.3 is 20.4 Å². The van der Waals surface area contributed by atoms with Crippen molar-refractivity contribution in [1.29, 1.82) is 0 Å². The summed E-state index contributed by atoms with van der Waals surface area (Å²) >= 11 is 6.83. The maximum atomic E-state index is 11.5. The van der Waals surface area contributed by atoms with Crippen molar-refractivity contribution in [2.24, 2.45) is 0 Å². The molecule has 1 aromatic carbocycles. The fourth-order valence-electron chi connectivity index (χ4n) is 3.52. The van der Waals surface area contributed by atoms with E-state index < -0.39 is 12.2 Å². The van der Waals surface area contributed by atoms with Crippen molar-refractivity contribution >= 4 is 35.3 Å². The molecular weight excluding hydrogens is 532 g/mol. The molecule has 2 unspecified atom stereocenters. The van der Waals surface area contributed by atoms with Gasteiger partial charge in [0.1, 0.15) is 0 Å². The van der Waals surface area contributed by atoms with Crippen LogP contribution in [0.4, 0.5) is 0 Å². The van der Waals surface area contributed by atoms with E-state index >= 15 is 0 Å². The SMILES string of the molecule is C/C=C\CC.C=C(C)Cl.CC(O)C(O)C(=O)N1CCCCC1.Cc1cccc(Cc2ccc(CNC=O)s2)c1. The van der Waals surface area contributed by atoms with Gasteiger partial charge in [0.05, 0.1) is 12.6 Å². The Labute approximate surface area is 244 Å². The topological polar surface area (TPSA) is 89.9 Å². The van der Waals surface area contributed by atoms with Crippen LogP contribution in [0.25, 0.3) is 0 Å². The smallest absolute Gasteiger partial charge is 0.254 e. The second kappa shape index (κ2) is 22.4. The summed E-state index contributed by atoms with van der Waals surface area (Å²) in [5.41, 5.74) is 2.63. The number of rotatable bonds is 8. The standard InChI is InChI=1S/C14H15NOS.C9H17NO3.C5H10.C3H5Cl/c1-11-3-2-4-12(7-11)8-13-5-6-14(17-13)9-15-10-16;1-7(11)8(12)9(13)10-5-3-2-4-6-10;1-3-5-4-2;1-3(2)4/h2-7,10H,8-9H2,1H3,(H,15,16);7-8,11-12H,2-6H2,1H3;3,5H,4H2,1-2H3;1H2,2H3/b;;5-3-;. The second-order valence-electron chi connectivity index (χ2n) is 9.26. The van der Waals surface area contributed by atoms with E-state index in [-0.39, 0.29) is 5.91 Å². The number of benzene rings is 1. The second-order valence-corrected chi connectivity index (χ2v) is 11.2. The summed E-state index contributed by atoms with van der Waals surface area (Å²) in [6.45, 7) is 14.8. The minimum absolute atomic E-state index is 0.338. The Morgan fingerprint density at radius 2 is 1.79 bits per heavy atom. The zero-order valence-corrected chi connectivity index (χ0v) is 25.7. The van der Waals surface area contributed by atoms with Gasteiger partial charge in [-0.1, -0.05) is 67.1 Å². The van der Waals surface area contributed by atoms with Gasteiger partial charge >= 0.3 is 0 Å². The molecule has 39 heavy (non-hydrogen) atoms. The van der Waals surface area contributed by atoms with E-state index in [0.717, 1.165) is 38.5 Å². The van der Waals surface area contributed by atoms with Gasteiger partial charge in [-0.15, -0.1) is 11.3 Å². The number of carbonyl (C=O) groups excluding carboxylic acids is 2. The number of halogens is 1. The maximum absolute atomic E-state index is 11.5. The van der Waals surface area contributed by atoms with Crippen LogP contribution in [-0.4, -0.2) is 52.7 Å². The molecule has 1 aliphatic heterocycles. The minimum atomic E-state index is -1.25. The van der Waals surface area contributed by atoms with Gasteiger partial charge in [-0.25, -0.2) is 0 Å². The lowest BCUT2D eigenvalue weighted by atomic mass is 10.1. The van der Waals surface area contributed by atoms with Gasteiger partial charge in [0.15, 0.2) is 6.10 Å². The Balaban J connectivity index is 0.000000578. The number of likely N-dealkylation sites (tertiary alicyclic amines) is 1. The third-order valence-electron chi connectivity index (χ3n) is 5.39. The molecule has 0 radical (unpaired) electrons. The van der Waals surface area contributed by atoms with Crippen LogP contribution in [0.3, 0.4) is 0 Å². The molecule has 2 heterocycles. The first-order chi connectivity index (χ1) is 18.5. The lowest BCUT2D eigenvalue weighted by molar-refractivity contribution is -0.146. The van der Waals surface area contributed by atoms with Crippen LogP contribution in [0.5, 0.6) is 0 Å². The number of nitrogens with one attached hydrogen (secondary N) is 1. The summed E-state index contributed by atoms with van der Waals surface area (Å²) < 4.78 is 0. The predicted molar refractivity (Wildman–Crippen MR) is 165 cm³/mol. The van der Waals surface area contributed by atoms with E-state index in [1.165, 1.54) is 27.8 Å². The van der Waals surface area contributed by atoms with Crippen LogP contribution in [0.1, 0.15) is 74.3 Å². The van der Waals surface area contributed by atoms with Crippen molar-refractivity contribution < 1.29 is 19.8 Å². The molecule has 2 amide bonds. The first-order valence-corrected chi connectivity index (χ1v) is 14.6. The van der Waals surface area contributed by atoms with Crippen molar-refractivity contribution in [2.75, 3.05) is 13.1 Å². The molecule has 0 bridgehead atoms. The zero-order chi connectivity index (χ0) is 29.6. The molecule has 0 spiro atoms. The van der Waals surface area contributed by atoms with Crippen molar-refractivity contribution in [3.05, 3.63) is 81.0 Å². The monoisotopic (exact) mass is 578 g/mol. The predicted octanol–water partition coefficient (Wildman–Crippen LogP) is 6.37. The van der Waals surface area contributed by atoms with E-state index in [2.05, 4.69) is 74.3 Å². The van der Waals surface area contributed by atoms with E-state index in [9.17, 15) is 14.7 Å². The summed E-state index contributed by atoms with van der Waals surface area (Å²) in [4.78, 5) is 25.8. The highest BCUT2D eigenvalue weighted by Gasteiger charge is 2.26. The molecule has 1 fully saturated rings. The lowest BCUT2D eigenvalue weighted by Crippen LogP contribution is -2.46. The molecule has 8 heteroatoms. The van der Waals surface area contributed by atoms with Gasteiger partial charge in [0.2, 0.25) is 6.41 Å². The first kappa shape index (κ1) is 36.5. The van der Waals surface area contributed by atoms with Gasteiger partial charge in [0, 0.05) is 34.3 Å². The zero-order valence-electron chi connectivity index (χ0n) is 24.2. The Hall–Kier alpha value is -2.45. The molecule has 1 aliphatic rings. The highest BCUT2D eigenvalue weighted by atomic mass is 35.5. The number of aryl methyl sites for hydroxylation is 1. The van der Waals surface area contributed by atoms with E-state index in [1.54, 1.807) is 23.2 Å². The molecule has 0 aliphatic carbocycles. The first-order valence-electron chi connectivity index (χ1n) is 13.4. The largest absolute Gasteiger partial charge is 0.390 e. The molecule has 0 saturated carbocycles. The number of allylic oxidation sites excluding steroid dienone is 3. The summed E-state index contributed by atoms with van der Waals surface area (Å²) in [5.74, 6) is -0.338. The third-order valence-corrected chi connectivity index (χ3v) is 6.47. The molecular formula is C31H47ClN2O4S. The maximum Gasteiger partial charge on any atom is 0.254 e. The van der Waals surface area contributed by atoms with Gasteiger partial charge in [0.25, 0.3) is 5.91 Å². The number of nitrogens with zero attached hydrogens (tertiary/aromatic N) is 1. The van der Waals surface area contributed by atoms with Crippen LogP contribution in [0, 0.1) is 6.92 Å². The van der Waals surface area contributed by atoms with Gasteiger partial charge in [-0.05, 0) is 71.1 Å². The number of hydrogen-bond acceptors (Lipinski definition) is 5. The molecule has 3 rings (SSSR count). The van der Waals surface area contributed by atoms with Crippen LogP contribution in [0.15, 0.2) is 60.2 Å². The number of hydrogen-bond donors (Lipinski definition) is 3. The fourth-order valence-corrected chi connectivity index (χ4v) is 4.52. The molecule has 2 aromatic rings. The average Bonchev–Trinajstić information content (AvgIpc) is 3.35. The quantitative estimate of drug-likeness (QED) is 0.251. The van der Waals surface area contributed by atoms with Gasteiger partial charge in [-0.2, -0.15) is 0 Å². The summed E-state index contributed by atoms with van der Waals surface area (Å²) in [5, 5.41) is 21.7. The van der Waals surface area contributed by atoms with E-state index in [0.29, 0.717) is 24.7 Å². The highest BCUT2D eigenvalue weighted by Crippen LogP contribution is 2.20. The van der Waals surface area contributed by atoms with Crippen LogP contribution in [-0.2, 0) is 22.6 Å². The Kier molecular flexibility index (Phi) is 21.0. The number of amides is 2. The molecule has 218 valence electrons. The van der Waals surface area contributed by atoms with E-state index in [1.807, 2.05) is 6.92 Å². The number of aliphatic hydroxyl groups is 2. The number of carbonyl (C=O) groups is 2. The minimum Gasteiger partial charge on any atom is -0.390 e. The molecule has 1 saturated heterocycles. The van der Waals surface area contributed by atoms with Crippen LogP contribution < -0.4 is 5.32 Å². The summed E-state index contributed by atoms with van der Waals surface area (Å²) in [7, 11) is 0. The lowest BCUT2D eigenvalue weighted by Gasteiger charge is -2.29. The molecule has 1 aromatic heterocycles. The molecule has 2 atom stereocenters.